The SMILES string of the molecule is C=C1CC(CCc2ccccc2C)CC([C@@H](C)C(C)C)C1. The molecule has 0 nitrogen and oxygen atoms in total. The predicted molar refractivity (Wildman–Crippen MR) is 93.5 cm³/mol. The molecule has 116 valence electrons. The van der Waals surface area contributed by atoms with E-state index in [4.69, 9.17) is 0 Å². The Hall–Kier alpha value is -1.04. The van der Waals surface area contributed by atoms with Crippen molar-refractivity contribution in [1.29, 1.82) is 0 Å². The van der Waals surface area contributed by atoms with Crippen LogP contribution in [0.25, 0.3) is 0 Å². The molecule has 0 aliphatic heterocycles. The molecule has 0 heterocycles. The van der Waals surface area contributed by atoms with E-state index in [0.29, 0.717) is 0 Å². The van der Waals surface area contributed by atoms with E-state index in [9.17, 15) is 0 Å². The first-order valence-corrected chi connectivity index (χ1v) is 8.68. The topological polar surface area (TPSA) is 0 Å². The van der Waals surface area contributed by atoms with Gasteiger partial charge in [0.25, 0.3) is 0 Å². The van der Waals surface area contributed by atoms with Gasteiger partial charge in [-0.2, -0.15) is 0 Å². The first-order chi connectivity index (χ1) is 9.97. The summed E-state index contributed by atoms with van der Waals surface area (Å²) in [5.74, 6) is 3.31. The molecule has 1 fully saturated rings. The highest BCUT2D eigenvalue weighted by Gasteiger charge is 2.29. The lowest BCUT2D eigenvalue weighted by atomic mass is 9.70. The zero-order valence-electron chi connectivity index (χ0n) is 14.4. The minimum absolute atomic E-state index is 0.790. The molecule has 0 spiro atoms. The van der Waals surface area contributed by atoms with Crippen molar-refractivity contribution in [2.45, 2.75) is 59.8 Å². The van der Waals surface area contributed by atoms with Gasteiger partial charge in [0.1, 0.15) is 0 Å². The second-order valence-corrected chi connectivity index (χ2v) is 7.59. The highest BCUT2D eigenvalue weighted by atomic mass is 14.3. The van der Waals surface area contributed by atoms with Crippen molar-refractivity contribution < 1.29 is 0 Å². The van der Waals surface area contributed by atoms with Crippen LogP contribution >= 0.6 is 0 Å². The zero-order chi connectivity index (χ0) is 15.4. The quantitative estimate of drug-likeness (QED) is 0.565. The Bertz CT molecular complexity index is 469. The lowest BCUT2D eigenvalue weighted by Crippen LogP contribution is -2.25. The summed E-state index contributed by atoms with van der Waals surface area (Å²) in [6.45, 7) is 13.7. The van der Waals surface area contributed by atoms with Gasteiger partial charge in [0.15, 0.2) is 0 Å². The molecular formula is C21H32. The average Bonchev–Trinajstić information content (AvgIpc) is 2.45. The molecule has 1 aromatic carbocycles. The Kier molecular flexibility index (Phi) is 5.67. The van der Waals surface area contributed by atoms with Crippen LogP contribution in [0.2, 0.25) is 0 Å². The van der Waals surface area contributed by atoms with Crippen molar-refractivity contribution >= 4 is 0 Å². The smallest absolute Gasteiger partial charge is 0.0273 e. The van der Waals surface area contributed by atoms with Gasteiger partial charge in [-0.25, -0.2) is 0 Å². The fourth-order valence-electron chi connectivity index (χ4n) is 3.87. The first kappa shape index (κ1) is 16.3. The molecule has 1 aliphatic carbocycles. The van der Waals surface area contributed by atoms with E-state index in [1.165, 1.54) is 48.8 Å². The summed E-state index contributed by atoms with van der Waals surface area (Å²) in [4.78, 5) is 0. The molecule has 0 bridgehead atoms. The summed E-state index contributed by atoms with van der Waals surface area (Å²) in [6, 6.07) is 8.84. The van der Waals surface area contributed by atoms with Crippen molar-refractivity contribution in [2.24, 2.45) is 23.7 Å². The highest BCUT2D eigenvalue weighted by molar-refractivity contribution is 5.25. The average molecular weight is 284 g/mol. The lowest BCUT2D eigenvalue weighted by Gasteiger charge is -2.36. The minimum Gasteiger partial charge on any atom is -0.0998 e. The summed E-state index contributed by atoms with van der Waals surface area (Å²) >= 11 is 0. The Morgan fingerprint density at radius 2 is 1.86 bits per heavy atom. The van der Waals surface area contributed by atoms with Crippen LogP contribution in [0.5, 0.6) is 0 Å². The van der Waals surface area contributed by atoms with Gasteiger partial charge in [-0.05, 0) is 73.8 Å². The van der Waals surface area contributed by atoms with Crippen LogP contribution in [-0.4, -0.2) is 0 Å². The molecule has 0 aromatic heterocycles. The van der Waals surface area contributed by atoms with Crippen molar-refractivity contribution in [2.75, 3.05) is 0 Å². The normalized spacial score (nSPS) is 24.3. The molecule has 2 rings (SSSR count). The van der Waals surface area contributed by atoms with Gasteiger partial charge in [-0.15, -0.1) is 0 Å². The van der Waals surface area contributed by atoms with Crippen LogP contribution in [0, 0.1) is 30.6 Å². The maximum Gasteiger partial charge on any atom is -0.0273 e. The van der Waals surface area contributed by atoms with Crippen LogP contribution in [0.4, 0.5) is 0 Å². The molecule has 2 unspecified atom stereocenters. The second kappa shape index (κ2) is 7.29. The standard InChI is InChI=1S/C21H32/c1-15(2)18(5)21-13-16(3)12-19(14-21)10-11-20-9-7-6-8-17(20)4/h6-9,15,18-19,21H,3,10-14H2,1-2,4-5H3/t18-,19?,21?/m0/s1. The Morgan fingerprint density at radius 1 is 1.14 bits per heavy atom. The Balaban J connectivity index is 1.94. The molecule has 1 saturated carbocycles. The number of hydrogen-bond donors (Lipinski definition) is 0. The van der Waals surface area contributed by atoms with E-state index in [1.54, 1.807) is 0 Å². The van der Waals surface area contributed by atoms with Crippen LogP contribution in [0.15, 0.2) is 36.4 Å². The third kappa shape index (κ3) is 4.46. The molecule has 0 radical (unpaired) electrons. The summed E-state index contributed by atoms with van der Waals surface area (Å²) in [5.41, 5.74) is 4.47. The van der Waals surface area contributed by atoms with E-state index < -0.39 is 0 Å². The van der Waals surface area contributed by atoms with Crippen LogP contribution < -0.4 is 0 Å². The van der Waals surface area contributed by atoms with Gasteiger partial charge >= 0.3 is 0 Å². The molecule has 0 saturated heterocycles. The molecule has 3 atom stereocenters. The monoisotopic (exact) mass is 284 g/mol. The van der Waals surface area contributed by atoms with Crippen molar-refractivity contribution in [1.82, 2.24) is 0 Å². The molecule has 21 heavy (non-hydrogen) atoms. The van der Waals surface area contributed by atoms with E-state index >= 15 is 0 Å². The fourth-order valence-corrected chi connectivity index (χ4v) is 3.87. The van der Waals surface area contributed by atoms with E-state index in [2.05, 4.69) is 58.5 Å². The van der Waals surface area contributed by atoms with Crippen molar-refractivity contribution in [3.05, 3.63) is 47.5 Å². The van der Waals surface area contributed by atoms with Gasteiger partial charge in [-0.1, -0.05) is 57.2 Å². The molecule has 1 aromatic rings. The number of benzene rings is 1. The van der Waals surface area contributed by atoms with Gasteiger partial charge in [0, 0.05) is 0 Å². The zero-order valence-corrected chi connectivity index (χ0v) is 14.4. The molecule has 0 N–H and O–H groups in total. The molecule has 0 amide bonds. The van der Waals surface area contributed by atoms with Gasteiger partial charge < -0.3 is 0 Å². The molecule has 0 heteroatoms. The summed E-state index contributed by atoms with van der Waals surface area (Å²) < 4.78 is 0. The number of hydrogen-bond acceptors (Lipinski definition) is 0. The van der Waals surface area contributed by atoms with Gasteiger partial charge in [-0.3, -0.25) is 0 Å². The van der Waals surface area contributed by atoms with E-state index in [1.807, 2.05) is 0 Å². The third-order valence-corrected chi connectivity index (χ3v) is 5.64. The van der Waals surface area contributed by atoms with E-state index in [-0.39, 0.29) is 0 Å². The van der Waals surface area contributed by atoms with Crippen LogP contribution in [0.3, 0.4) is 0 Å². The number of aryl methyl sites for hydroxylation is 2. The van der Waals surface area contributed by atoms with Crippen molar-refractivity contribution in [3.8, 4) is 0 Å². The summed E-state index contributed by atoms with van der Waals surface area (Å²) in [7, 11) is 0. The van der Waals surface area contributed by atoms with Crippen LogP contribution in [-0.2, 0) is 6.42 Å². The molecular weight excluding hydrogens is 252 g/mol. The van der Waals surface area contributed by atoms with E-state index in [0.717, 1.165) is 23.7 Å². The lowest BCUT2D eigenvalue weighted by molar-refractivity contribution is 0.196. The maximum atomic E-state index is 4.33. The Labute approximate surface area is 131 Å². The minimum atomic E-state index is 0.790. The van der Waals surface area contributed by atoms with Gasteiger partial charge in [0.2, 0.25) is 0 Å². The summed E-state index contributed by atoms with van der Waals surface area (Å²) in [5, 5.41) is 0. The predicted octanol–water partition coefficient (Wildman–Crippen LogP) is 6.19. The fraction of sp³-hybridized carbons (Fsp3) is 0.619. The van der Waals surface area contributed by atoms with Gasteiger partial charge in [0.05, 0.1) is 0 Å². The third-order valence-electron chi connectivity index (χ3n) is 5.64. The first-order valence-electron chi connectivity index (χ1n) is 8.68. The summed E-state index contributed by atoms with van der Waals surface area (Å²) in [6.07, 6.45) is 6.48. The maximum absolute atomic E-state index is 4.33. The molecule has 1 aliphatic rings. The number of rotatable bonds is 5. The number of allylic oxidation sites excluding steroid dienone is 1. The van der Waals surface area contributed by atoms with Crippen molar-refractivity contribution in [3.63, 3.8) is 0 Å². The Morgan fingerprint density at radius 3 is 2.52 bits per heavy atom. The van der Waals surface area contributed by atoms with Crippen LogP contribution in [0.1, 0.15) is 57.6 Å². The largest absolute Gasteiger partial charge is 0.0998 e. The second-order valence-electron chi connectivity index (χ2n) is 7.59. The highest BCUT2D eigenvalue weighted by Crippen LogP contribution is 2.40.